The molecule has 2 aliphatic rings. The second kappa shape index (κ2) is 4.72. The molecule has 2 aliphatic heterocycles. The predicted octanol–water partition coefficient (Wildman–Crippen LogP) is -0.124. The number of carbonyl (C=O) groups excluding carboxylic acids is 3. The molecular weight excluding hydrogens is 260 g/mol. The molecule has 0 radical (unpaired) electrons. The third-order valence-corrected chi connectivity index (χ3v) is 3.64. The topological polar surface area (TPSA) is 77.9 Å². The highest BCUT2D eigenvalue weighted by atomic mass is 16.3. The van der Waals surface area contributed by atoms with E-state index in [0.717, 1.165) is 4.90 Å². The molecule has 20 heavy (non-hydrogen) atoms. The largest absolute Gasteiger partial charge is 0.389 e. The number of benzene rings is 1. The Morgan fingerprint density at radius 2 is 1.70 bits per heavy atom. The summed E-state index contributed by atoms with van der Waals surface area (Å²) in [6.07, 6.45) is -0.351. The van der Waals surface area contributed by atoms with E-state index in [1.807, 2.05) is 0 Å². The quantitative estimate of drug-likeness (QED) is 0.779. The summed E-state index contributed by atoms with van der Waals surface area (Å²) in [6, 6.07) is 6.65. The zero-order valence-corrected chi connectivity index (χ0v) is 10.8. The fourth-order valence-corrected chi connectivity index (χ4v) is 2.47. The van der Waals surface area contributed by atoms with Crippen LogP contribution in [0.2, 0.25) is 0 Å². The number of aliphatic hydroxyl groups excluding tert-OH is 1. The number of β-amino-alcohol motifs (C(OH)–C–C–N with tert-alkyl or cyclic N) is 1. The summed E-state index contributed by atoms with van der Waals surface area (Å²) in [4.78, 5) is 38.5. The first-order valence-corrected chi connectivity index (χ1v) is 6.49. The summed E-state index contributed by atoms with van der Waals surface area (Å²) in [5, 5.41) is 9.14. The lowest BCUT2D eigenvalue weighted by molar-refractivity contribution is -0.141. The molecule has 0 unspecified atom stereocenters. The number of hydrogen-bond acceptors (Lipinski definition) is 4. The molecule has 0 atom stereocenters. The summed E-state index contributed by atoms with van der Waals surface area (Å²) in [5.41, 5.74) is 0.786. The van der Waals surface area contributed by atoms with Crippen LogP contribution in [0.4, 0.5) is 0 Å². The molecule has 3 rings (SSSR count). The number of hydrogen-bond donors (Lipinski definition) is 1. The van der Waals surface area contributed by atoms with E-state index in [1.54, 1.807) is 24.3 Å². The van der Waals surface area contributed by atoms with Gasteiger partial charge in [0.25, 0.3) is 11.8 Å². The van der Waals surface area contributed by atoms with Gasteiger partial charge < -0.3 is 10.0 Å². The summed E-state index contributed by atoms with van der Waals surface area (Å²) < 4.78 is 0. The second-order valence-corrected chi connectivity index (χ2v) is 5.01. The highest BCUT2D eigenvalue weighted by Gasteiger charge is 2.36. The normalized spacial score (nSPS) is 18.2. The maximum absolute atomic E-state index is 12.1. The van der Waals surface area contributed by atoms with Gasteiger partial charge in [-0.1, -0.05) is 12.1 Å². The molecule has 1 aromatic rings. The van der Waals surface area contributed by atoms with Crippen LogP contribution < -0.4 is 0 Å². The van der Waals surface area contributed by atoms with Crippen LogP contribution in [0.15, 0.2) is 24.3 Å². The number of rotatable bonds is 3. The summed E-state index contributed by atoms with van der Waals surface area (Å²) in [5.74, 6) is -0.837. The molecule has 1 aromatic carbocycles. The van der Waals surface area contributed by atoms with Crippen molar-refractivity contribution in [3.63, 3.8) is 0 Å². The van der Waals surface area contributed by atoms with E-state index in [-0.39, 0.29) is 30.7 Å². The lowest BCUT2D eigenvalue weighted by atomic mass is 10.1. The van der Waals surface area contributed by atoms with Gasteiger partial charge in [0, 0.05) is 26.1 Å². The molecule has 1 N–H and O–H groups in total. The average Bonchev–Trinajstić information content (AvgIpc) is 2.66. The summed E-state index contributed by atoms with van der Waals surface area (Å²) in [6.45, 7) is 0.750. The number of nitrogens with zero attached hydrogens (tertiary/aromatic N) is 2. The third kappa shape index (κ3) is 1.98. The van der Waals surface area contributed by atoms with E-state index in [9.17, 15) is 14.4 Å². The van der Waals surface area contributed by atoms with Crippen molar-refractivity contribution in [2.45, 2.75) is 12.5 Å². The van der Waals surface area contributed by atoms with Gasteiger partial charge in [-0.3, -0.25) is 19.3 Å². The Labute approximate surface area is 115 Å². The zero-order valence-electron chi connectivity index (χ0n) is 10.8. The standard InChI is InChI=1S/C14H14N2O4/c17-9-7-15(8-9)12(18)5-6-16-13(19)10-3-1-2-4-11(10)14(16)20/h1-4,9,17H,5-8H2. The summed E-state index contributed by atoms with van der Waals surface area (Å²) in [7, 11) is 0. The average molecular weight is 274 g/mol. The molecule has 0 bridgehead atoms. The van der Waals surface area contributed by atoms with E-state index in [2.05, 4.69) is 0 Å². The molecule has 0 saturated carbocycles. The minimum atomic E-state index is -0.446. The van der Waals surface area contributed by atoms with Gasteiger partial charge in [0.1, 0.15) is 0 Å². The van der Waals surface area contributed by atoms with Crippen LogP contribution in [0.3, 0.4) is 0 Å². The van der Waals surface area contributed by atoms with E-state index in [4.69, 9.17) is 5.11 Å². The SMILES string of the molecule is O=C(CCN1C(=O)c2ccccc2C1=O)N1CC(O)C1. The molecule has 1 fully saturated rings. The van der Waals surface area contributed by atoms with Gasteiger partial charge in [-0.25, -0.2) is 0 Å². The van der Waals surface area contributed by atoms with E-state index in [1.165, 1.54) is 4.90 Å². The number of likely N-dealkylation sites (tertiary alicyclic amines) is 1. The Morgan fingerprint density at radius 1 is 1.15 bits per heavy atom. The van der Waals surface area contributed by atoms with Crippen LogP contribution in [0.25, 0.3) is 0 Å². The third-order valence-electron chi connectivity index (χ3n) is 3.64. The van der Waals surface area contributed by atoms with E-state index >= 15 is 0 Å². The first-order chi connectivity index (χ1) is 9.58. The Bertz CT molecular complexity index is 558. The number of imide groups is 1. The van der Waals surface area contributed by atoms with Gasteiger partial charge in [-0.15, -0.1) is 0 Å². The van der Waals surface area contributed by atoms with Crippen molar-refractivity contribution in [2.24, 2.45) is 0 Å². The molecule has 3 amide bonds. The molecular formula is C14H14N2O4. The number of amides is 3. The molecule has 2 heterocycles. The number of carbonyl (C=O) groups is 3. The fraction of sp³-hybridized carbons (Fsp3) is 0.357. The van der Waals surface area contributed by atoms with Gasteiger partial charge >= 0.3 is 0 Å². The van der Waals surface area contributed by atoms with Crippen LogP contribution in [0, 0.1) is 0 Å². The van der Waals surface area contributed by atoms with Crippen LogP contribution in [0.5, 0.6) is 0 Å². The van der Waals surface area contributed by atoms with Crippen molar-refractivity contribution in [3.05, 3.63) is 35.4 Å². The molecule has 6 nitrogen and oxygen atoms in total. The Hall–Kier alpha value is -2.21. The minimum Gasteiger partial charge on any atom is -0.389 e. The van der Waals surface area contributed by atoms with Crippen LogP contribution in [-0.4, -0.2) is 58.4 Å². The minimum absolute atomic E-state index is 0.0811. The highest BCUT2D eigenvalue weighted by Crippen LogP contribution is 2.22. The predicted molar refractivity (Wildman–Crippen MR) is 69.0 cm³/mol. The van der Waals surface area contributed by atoms with E-state index in [0.29, 0.717) is 24.2 Å². The molecule has 0 spiro atoms. The Morgan fingerprint density at radius 3 is 2.20 bits per heavy atom. The molecule has 1 saturated heterocycles. The summed E-state index contributed by atoms with van der Waals surface area (Å²) >= 11 is 0. The van der Waals surface area contributed by atoms with Crippen molar-refractivity contribution in [2.75, 3.05) is 19.6 Å². The first kappa shape index (κ1) is 12.8. The first-order valence-electron chi connectivity index (χ1n) is 6.49. The molecule has 0 aromatic heterocycles. The second-order valence-electron chi connectivity index (χ2n) is 5.01. The highest BCUT2D eigenvalue weighted by molar-refractivity contribution is 6.21. The van der Waals surface area contributed by atoms with Crippen molar-refractivity contribution in [1.82, 2.24) is 9.80 Å². The lowest BCUT2D eigenvalue weighted by Crippen LogP contribution is -2.54. The van der Waals surface area contributed by atoms with Crippen LogP contribution in [-0.2, 0) is 4.79 Å². The van der Waals surface area contributed by atoms with Gasteiger partial charge in [-0.2, -0.15) is 0 Å². The van der Waals surface area contributed by atoms with Crippen LogP contribution in [0.1, 0.15) is 27.1 Å². The number of fused-ring (bicyclic) bond motifs is 1. The van der Waals surface area contributed by atoms with Crippen LogP contribution >= 0.6 is 0 Å². The van der Waals surface area contributed by atoms with Gasteiger partial charge in [0.05, 0.1) is 17.2 Å². The Kier molecular flexibility index (Phi) is 3.02. The van der Waals surface area contributed by atoms with Crippen molar-refractivity contribution in [3.8, 4) is 0 Å². The molecule has 0 aliphatic carbocycles. The van der Waals surface area contributed by atoms with Crippen molar-refractivity contribution in [1.29, 1.82) is 0 Å². The van der Waals surface area contributed by atoms with Gasteiger partial charge in [0.2, 0.25) is 5.91 Å². The van der Waals surface area contributed by atoms with Crippen molar-refractivity contribution >= 4 is 17.7 Å². The number of aliphatic hydroxyl groups is 1. The lowest BCUT2D eigenvalue weighted by Gasteiger charge is -2.36. The monoisotopic (exact) mass is 274 g/mol. The maximum Gasteiger partial charge on any atom is 0.261 e. The Balaban J connectivity index is 1.64. The van der Waals surface area contributed by atoms with Gasteiger partial charge in [0.15, 0.2) is 0 Å². The fourth-order valence-electron chi connectivity index (χ4n) is 2.47. The van der Waals surface area contributed by atoms with Gasteiger partial charge in [-0.05, 0) is 12.1 Å². The smallest absolute Gasteiger partial charge is 0.261 e. The molecule has 6 heteroatoms. The van der Waals surface area contributed by atoms with E-state index < -0.39 is 6.10 Å². The molecule has 104 valence electrons. The maximum atomic E-state index is 12.1. The zero-order chi connectivity index (χ0) is 14.3. The van der Waals surface area contributed by atoms with Crippen molar-refractivity contribution < 1.29 is 19.5 Å².